The molecule has 2 N–H and O–H groups in total. The molecule has 1 aromatic carbocycles. The predicted octanol–water partition coefficient (Wildman–Crippen LogP) is 2.45. The van der Waals surface area contributed by atoms with Gasteiger partial charge in [0.05, 0.1) is 13.7 Å². The van der Waals surface area contributed by atoms with E-state index in [-0.39, 0.29) is 11.1 Å². The Bertz CT molecular complexity index is 577. The summed E-state index contributed by atoms with van der Waals surface area (Å²) in [6, 6.07) is 4.96. The normalized spacial score (nSPS) is 11.4. The van der Waals surface area contributed by atoms with Crippen LogP contribution in [0.25, 0.3) is 0 Å². The lowest BCUT2D eigenvalue weighted by molar-refractivity contribution is -0.133. The Balaban J connectivity index is 2.96. The molecule has 0 heterocycles. The number of carboxylic acids is 1. The van der Waals surface area contributed by atoms with E-state index >= 15 is 0 Å². The summed E-state index contributed by atoms with van der Waals surface area (Å²) in [5, 5.41) is 11.5. The van der Waals surface area contributed by atoms with Crippen LogP contribution in [-0.2, 0) is 9.59 Å². The van der Waals surface area contributed by atoms with Crippen molar-refractivity contribution < 1.29 is 24.2 Å². The fourth-order valence-electron chi connectivity index (χ4n) is 1.58. The first-order valence-corrected chi connectivity index (χ1v) is 6.43. The second kappa shape index (κ2) is 7.33. The number of benzene rings is 1. The Morgan fingerprint density at radius 3 is 2.38 bits per heavy atom. The van der Waals surface area contributed by atoms with Gasteiger partial charge in [0.15, 0.2) is 11.5 Å². The lowest BCUT2D eigenvalue weighted by atomic mass is 10.1. The van der Waals surface area contributed by atoms with Crippen molar-refractivity contribution in [1.29, 1.82) is 0 Å². The zero-order chi connectivity index (χ0) is 16.0. The summed E-state index contributed by atoms with van der Waals surface area (Å²) in [5.41, 5.74) is 0.651. The number of anilines is 1. The van der Waals surface area contributed by atoms with E-state index in [9.17, 15) is 9.59 Å². The van der Waals surface area contributed by atoms with E-state index in [1.54, 1.807) is 18.2 Å². The molecule has 1 rings (SSSR count). The monoisotopic (exact) mass is 293 g/mol. The maximum atomic E-state index is 12.0. The van der Waals surface area contributed by atoms with Gasteiger partial charge in [-0.25, -0.2) is 4.79 Å². The quantitative estimate of drug-likeness (QED) is 0.787. The highest BCUT2D eigenvalue weighted by atomic mass is 16.5. The highest BCUT2D eigenvalue weighted by molar-refractivity contribution is 6.08. The van der Waals surface area contributed by atoms with E-state index in [0.29, 0.717) is 23.8 Å². The number of nitrogens with one attached hydrogen (secondary N) is 1. The molecule has 0 aliphatic rings. The minimum atomic E-state index is -1.12. The zero-order valence-electron chi connectivity index (χ0n) is 12.5. The first kappa shape index (κ1) is 16.6. The van der Waals surface area contributed by atoms with E-state index < -0.39 is 11.9 Å². The molecule has 0 aliphatic carbocycles. The van der Waals surface area contributed by atoms with Crippen LogP contribution in [0.2, 0.25) is 0 Å². The third-order valence-corrected chi connectivity index (χ3v) is 2.95. The van der Waals surface area contributed by atoms with Crippen molar-refractivity contribution in [2.45, 2.75) is 20.8 Å². The van der Waals surface area contributed by atoms with E-state index in [0.717, 1.165) is 0 Å². The summed E-state index contributed by atoms with van der Waals surface area (Å²) < 4.78 is 10.6. The number of hydrogen-bond acceptors (Lipinski definition) is 4. The lowest BCUT2D eigenvalue weighted by Gasteiger charge is -2.12. The predicted molar refractivity (Wildman–Crippen MR) is 78.8 cm³/mol. The van der Waals surface area contributed by atoms with Crippen molar-refractivity contribution in [3.8, 4) is 11.5 Å². The fraction of sp³-hybridized carbons (Fsp3) is 0.333. The van der Waals surface area contributed by atoms with Gasteiger partial charge in [0.25, 0.3) is 5.91 Å². The number of rotatable bonds is 6. The molecule has 1 amide bonds. The number of ether oxygens (including phenoxy) is 2. The summed E-state index contributed by atoms with van der Waals surface area (Å²) in [7, 11) is 1.50. The van der Waals surface area contributed by atoms with Crippen LogP contribution in [0.1, 0.15) is 20.8 Å². The van der Waals surface area contributed by atoms with Gasteiger partial charge in [0.2, 0.25) is 0 Å². The first-order chi connectivity index (χ1) is 9.90. The number of hydrogen-bond donors (Lipinski definition) is 2. The van der Waals surface area contributed by atoms with Crippen molar-refractivity contribution in [2.24, 2.45) is 0 Å². The van der Waals surface area contributed by atoms with Gasteiger partial charge in [-0.2, -0.15) is 0 Å². The smallest absolute Gasteiger partial charge is 0.331 e. The molecule has 0 spiro atoms. The molecule has 6 heteroatoms. The van der Waals surface area contributed by atoms with Crippen molar-refractivity contribution in [1.82, 2.24) is 0 Å². The van der Waals surface area contributed by atoms with E-state index in [1.807, 2.05) is 6.92 Å². The molecule has 6 nitrogen and oxygen atoms in total. The standard InChI is InChI=1S/C15H19NO5/c1-5-21-12-7-6-11(8-13(12)20-4)16-14(17)9(2)10(3)15(18)19/h6-8H,5H2,1-4H3,(H,16,17)(H,18,19). The minimum absolute atomic E-state index is 0.00500. The summed E-state index contributed by atoms with van der Waals surface area (Å²) in [5.74, 6) is -0.522. The number of carbonyl (C=O) groups excluding carboxylic acids is 1. The average molecular weight is 293 g/mol. The van der Waals surface area contributed by atoms with Crippen LogP contribution < -0.4 is 14.8 Å². The van der Waals surface area contributed by atoms with Gasteiger partial charge < -0.3 is 19.9 Å². The third kappa shape index (κ3) is 4.24. The molecular formula is C15H19NO5. The van der Waals surface area contributed by atoms with Crippen molar-refractivity contribution in [3.63, 3.8) is 0 Å². The number of amides is 1. The molecular weight excluding hydrogens is 274 g/mol. The number of carbonyl (C=O) groups is 2. The highest BCUT2D eigenvalue weighted by Gasteiger charge is 2.14. The van der Waals surface area contributed by atoms with Crippen molar-refractivity contribution in [2.75, 3.05) is 19.0 Å². The van der Waals surface area contributed by atoms with E-state index in [4.69, 9.17) is 14.6 Å². The van der Waals surface area contributed by atoms with Crippen LogP contribution in [0.3, 0.4) is 0 Å². The van der Waals surface area contributed by atoms with Crippen LogP contribution in [-0.4, -0.2) is 30.7 Å². The third-order valence-electron chi connectivity index (χ3n) is 2.95. The molecule has 0 aliphatic heterocycles. The number of aliphatic carboxylic acids is 1. The summed E-state index contributed by atoms with van der Waals surface area (Å²) in [6.45, 7) is 5.21. The second-order valence-electron chi connectivity index (χ2n) is 4.31. The molecule has 21 heavy (non-hydrogen) atoms. The molecule has 0 radical (unpaired) electrons. The first-order valence-electron chi connectivity index (χ1n) is 6.43. The lowest BCUT2D eigenvalue weighted by Crippen LogP contribution is -2.16. The Labute approximate surface area is 123 Å². The summed E-state index contributed by atoms with van der Waals surface area (Å²) in [6.07, 6.45) is 0. The van der Waals surface area contributed by atoms with Crippen LogP contribution in [0.15, 0.2) is 29.3 Å². The van der Waals surface area contributed by atoms with Crippen molar-refractivity contribution in [3.05, 3.63) is 29.3 Å². The van der Waals surface area contributed by atoms with Gasteiger partial charge in [-0.15, -0.1) is 0 Å². The second-order valence-corrected chi connectivity index (χ2v) is 4.31. The molecule has 0 unspecified atom stereocenters. The van der Waals surface area contributed by atoms with Gasteiger partial charge in [-0.1, -0.05) is 0 Å². The van der Waals surface area contributed by atoms with Crippen LogP contribution in [0.4, 0.5) is 5.69 Å². The average Bonchev–Trinajstić information content (AvgIpc) is 2.47. The summed E-state index contributed by atoms with van der Waals surface area (Å²) in [4.78, 5) is 22.8. The Morgan fingerprint density at radius 1 is 1.19 bits per heavy atom. The van der Waals surface area contributed by atoms with Crippen molar-refractivity contribution >= 4 is 17.6 Å². The van der Waals surface area contributed by atoms with Gasteiger partial charge in [-0.3, -0.25) is 4.79 Å². The van der Waals surface area contributed by atoms with Crippen LogP contribution in [0, 0.1) is 0 Å². The highest BCUT2D eigenvalue weighted by Crippen LogP contribution is 2.30. The van der Waals surface area contributed by atoms with Gasteiger partial charge in [-0.05, 0) is 32.9 Å². The molecule has 1 aromatic rings. The molecule has 114 valence electrons. The molecule has 0 bridgehead atoms. The molecule has 0 fully saturated rings. The maximum absolute atomic E-state index is 12.0. The van der Waals surface area contributed by atoms with E-state index in [1.165, 1.54) is 21.0 Å². The Morgan fingerprint density at radius 2 is 1.86 bits per heavy atom. The number of carboxylic acid groups (broad SMARTS) is 1. The number of methoxy groups -OCH3 is 1. The SMILES string of the molecule is CCOc1ccc(NC(=O)C(C)=C(C)C(=O)O)cc1OC. The Kier molecular flexibility index (Phi) is 5.78. The fourth-order valence-corrected chi connectivity index (χ4v) is 1.58. The molecule has 0 aromatic heterocycles. The van der Waals surface area contributed by atoms with E-state index in [2.05, 4.69) is 5.32 Å². The molecule has 0 atom stereocenters. The van der Waals surface area contributed by atoms with Gasteiger partial charge >= 0.3 is 5.97 Å². The molecule has 0 saturated heterocycles. The van der Waals surface area contributed by atoms with Crippen LogP contribution in [0.5, 0.6) is 11.5 Å². The largest absolute Gasteiger partial charge is 0.493 e. The molecule has 0 saturated carbocycles. The minimum Gasteiger partial charge on any atom is -0.493 e. The van der Waals surface area contributed by atoms with Crippen LogP contribution >= 0.6 is 0 Å². The van der Waals surface area contributed by atoms with Gasteiger partial charge in [0.1, 0.15) is 0 Å². The maximum Gasteiger partial charge on any atom is 0.331 e. The Hall–Kier alpha value is -2.50. The topological polar surface area (TPSA) is 84.9 Å². The zero-order valence-corrected chi connectivity index (χ0v) is 12.5. The summed E-state index contributed by atoms with van der Waals surface area (Å²) >= 11 is 0. The van der Waals surface area contributed by atoms with Gasteiger partial charge in [0, 0.05) is 22.9 Å².